The summed E-state index contributed by atoms with van der Waals surface area (Å²) in [7, 11) is 0. The molecule has 1 unspecified atom stereocenters. The third-order valence-corrected chi connectivity index (χ3v) is 2.97. The van der Waals surface area contributed by atoms with E-state index in [1.807, 2.05) is 0 Å². The molecule has 2 aromatic rings. The lowest BCUT2D eigenvalue weighted by molar-refractivity contribution is 0.477. The summed E-state index contributed by atoms with van der Waals surface area (Å²) in [4.78, 5) is 0. The predicted molar refractivity (Wildman–Crippen MR) is 66.9 cm³/mol. The van der Waals surface area contributed by atoms with Crippen LogP contribution in [0.4, 0.5) is 13.2 Å². The number of nitrogens with one attached hydrogen (secondary N) is 1. The van der Waals surface area contributed by atoms with Crippen molar-refractivity contribution in [1.82, 2.24) is 5.43 Å². The number of hydrogen-bond acceptors (Lipinski definition) is 2. The molecule has 2 rings (SSSR count). The monoisotopic (exact) mass is 286 g/mol. The van der Waals surface area contributed by atoms with Crippen molar-refractivity contribution in [2.75, 3.05) is 0 Å². The summed E-state index contributed by atoms with van der Waals surface area (Å²) in [6, 6.07) is 6.52. The van der Waals surface area contributed by atoms with Crippen molar-refractivity contribution in [3.8, 4) is 0 Å². The highest BCUT2D eigenvalue weighted by atomic mass is 35.5. The second-order valence-electron chi connectivity index (χ2n) is 3.91. The van der Waals surface area contributed by atoms with Gasteiger partial charge in [0.15, 0.2) is 11.6 Å². The average Bonchev–Trinajstić information content (AvgIpc) is 2.37. The van der Waals surface area contributed by atoms with E-state index in [0.29, 0.717) is 0 Å². The molecule has 6 heteroatoms. The zero-order valence-corrected chi connectivity index (χ0v) is 10.4. The van der Waals surface area contributed by atoms with E-state index >= 15 is 0 Å². The van der Waals surface area contributed by atoms with Crippen molar-refractivity contribution in [1.29, 1.82) is 0 Å². The summed E-state index contributed by atoms with van der Waals surface area (Å²) in [6.45, 7) is 0. The Balaban J connectivity index is 2.53. The number of rotatable bonds is 3. The number of benzene rings is 2. The maximum atomic E-state index is 13.8. The van der Waals surface area contributed by atoms with Crippen LogP contribution >= 0.6 is 11.6 Å². The zero-order valence-electron chi connectivity index (χ0n) is 9.63. The molecule has 19 heavy (non-hydrogen) atoms. The first kappa shape index (κ1) is 13.9. The zero-order chi connectivity index (χ0) is 14.0. The summed E-state index contributed by atoms with van der Waals surface area (Å²) in [6.07, 6.45) is 0. The van der Waals surface area contributed by atoms with Gasteiger partial charge in [-0.05, 0) is 18.2 Å². The van der Waals surface area contributed by atoms with Gasteiger partial charge in [-0.3, -0.25) is 5.84 Å². The van der Waals surface area contributed by atoms with Gasteiger partial charge in [-0.1, -0.05) is 29.8 Å². The van der Waals surface area contributed by atoms with Crippen molar-refractivity contribution in [2.45, 2.75) is 6.04 Å². The number of hydrazine groups is 1. The van der Waals surface area contributed by atoms with E-state index < -0.39 is 23.5 Å². The first-order valence-electron chi connectivity index (χ1n) is 5.39. The normalized spacial score (nSPS) is 12.5. The minimum absolute atomic E-state index is 0.0799. The molecule has 0 bridgehead atoms. The van der Waals surface area contributed by atoms with Crippen LogP contribution in [0.5, 0.6) is 0 Å². The Labute approximate surface area is 113 Å². The van der Waals surface area contributed by atoms with Crippen LogP contribution in [0.25, 0.3) is 0 Å². The molecule has 0 saturated carbocycles. The standard InChI is InChI=1S/C13H10ClF3N2/c14-7-4-5-8(11(16)6-7)13(19-18)9-2-1-3-10(15)12(9)17/h1-6,13,19H,18H2. The lowest BCUT2D eigenvalue weighted by Gasteiger charge is -2.18. The number of nitrogens with two attached hydrogens (primary N) is 1. The van der Waals surface area contributed by atoms with Crippen LogP contribution in [0.15, 0.2) is 36.4 Å². The smallest absolute Gasteiger partial charge is 0.163 e. The Hall–Kier alpha value is -1.56. The molecule has 0 aromatic heterocycles. The van der Waals surface area contributed by atoms with Crippen LogP contribution in [-0.2, 0) is 0 Å². The molecule has 0 aliphatic rings. The van der Waals surface area contributed by atoms with Crippen LogP contribution in [-0.4, -0.2) is 0 Å². The van der Waals surface area contributed by atoms with E-state index in [4.69, 9.17) is 17.4 Å². The van der Waals surface area contributed by atoms with E-state index in [1.54, 1.807) is 0 Å². The Morgan fingerprint density at radius 1 is 1.00 bits per heavy atom. The molecule has 0 radical (unpaired) electrons. The van der Waals surface area contributed by atoms with Crippen LogP contribution in [0.1, 0.15) is 17.2 Å². The molecule has 0 heterocycles. The molecule has 3 N–H and O–H groups in total. The SMILES string of the molecule is NNC(c1ccc(Cl)cc1F)c1cccc(F)c1F. The molecular weight excluding hydrogens is 277 g/mol. The first-order valence-corrected chi connectivity index (χ1v) is 5.77. The Morgan fingerprint density at radius 2 is 1.74 bits per heavy atom. The fourth-order valence-corrected chi connectivity index (χ4v) is 1.98. The molecule has 0 aliphatic carbocycles. The molecule has 0 spiro atoms. The van der Waals surface area contributed by atoms with Gasteiger partial charge in [-0.25, -0.2) is 18.6 Å². The molecular formula is C13H10ClF3N2. The highest BCUT2D eigenvalue weighted by Crippen LogP contribution is 2.28. The molecule has 0 fully saturated rings. The van der Waals surface area contributed by atoms with Crippen molar-refractivity contribution in [3.63, 3.8) is 0 Å². The maximum Gasteiger partial charge on any atom is 0.163 e. The fourth-order valence-electron chi connectivity index (χ4n) is 1.83. The van der Waals surface area contributed by atoms with Gasteiger partial charge >= 0.3 is 0 Å². The van der Waals surface area contributed by atoms with E-state index in [1.165, 1.54) is 24.3 Å². The largest absolute Gasteiger partial charge is 0.271 e. The van der Waals surface area contributed by atoms with Gasteiger partial charge in [0.05, 0.1) is 6.04 Å². The lowest BCUT2D eigenvalue weighted by Crippen LogP contribution is -2.30. The molecule has 2 aromatic carbocycles. The highest BCUT2D eigenvalue weighted by molar-refractivity contribution is 6.30. The van der Waals surface area contributed by atoms with Crippen molar-refractivity contribution in [3.05, 3.63) is 70.0 Å². The second-order valence-corrected chi connectivity index (χ2v) is 4.34. The van der Waals surface area contributed by atoms with Crippen molar-refractivity contribution < 1.29 is 13.2 Å². The van der Waals surface area contributed by atoms with E-state index in [-0.39, 0.29) is 16.1 Å². The second kappa shape index (κ2) is 5.61. The minimum Gasteiger partial charge on any atom is -0.271 e. The van der Waals surface area contributed by atoms with E-state index in [0.717, 1.165) is 12.1 Å². The average molecular weight is 287 g/mol. The molecule has 0 amide bonds. The summed E-state index contributed by atoms with van der Waals surface area (Å²) >= 11 is 5.64. The quantitative estimate of drug-likeness (QED) is 0.671. The predicted octanol–water partition coefficient (Wildman–Crippen LogP) is 3.31. The van der Waals surface area contributed by atoms with Crippen LogP contribution in [0.3, 0.4) is 0 Å². The van der Waals surface area contributed by atoms with E-state index in [2.05, 4.69) is 5.43 Å². The summed E-state index contributed by atoms with van der Waals surface area (Å²) in [5.41, 5.74) is 2.27. The Morgan fingerprint density at radius 3 is 2.37 bits per heavy atom. The number of hydrogen-bond donors (Lipinski definition) is 2. The van der Waals surface area contributed by atoms with Gasteiger partial charge < -0.3 is 0 Å². The van der Waals surface area contributed by atoms with Gasteiger partial charge in [0.1, 0.15) is 5.82 Å². The van der Waals surface area contributed by atoms with Crippen LogP contribution in [0.2, 0.25) is 5.02 Å². The van der Waals surface area contributed by atoms with Crippen molar-refractivity contribution in [2.24, 2.45) is 5.84 Å². The molecule has 1 atom stereocenters. The summed E-state index contributed by atoms with van der Waals surface area (Å²) < 4.78 is 40.7. The minimum atomic E-state index is -1.07. The molecule has 100 valence electrons. The van der Waals surface area contributed by atoms with Gasteiger partial charge in [0, 0.05) is 16.1 Å². The van der Waals surface area contributed by atoms with Gasteiger partial charge in [-0.2, -0.15) is 0 Å². The summed E-state index contributed by atoms with van der Waals surface area (Å²) in [5, 5.41) is 0.205. The molecule has 0 aliphatic heterocycles. The lowest BCUT2D eigenvalue weighted by atomic mass is 9.98. The first-order chi connectivity index (χ1) is 9.04. The van der Waals surface area contributed by atoms with Gasteiger partial charge in [0.25, 0.3) is 0 Å². The molecule has 2 nitrogen and oxygen atoms in total. The van der Waals surface area contributed by atoms with Gasteiger partial charge in [-0.15, -0.1) is 0 Å². The van der Waals surface area contributed by atoms with Crippen molar-refractivity contribution >= 4 is 11.6 Å². The summed E-state index contributed by atoms with van der Waals surface area (Å²) in [5.74, 6) is 2.58. The van der Waals surface area contributed by atoms with E-state index in [9.17, 15) is 13.2 Å². The third kappa shape index (κ3) is 2.73. The topological polar surface area (TPSA) is 38.0 Å². The molecule has 0 saturated heterocycles. The number of halogens is 4. The Kier molecular flexibility index (Phi) is 4.09. The highest BCUT2D eigenvalue weighted by Gasteiger charge is 2.21. The maximum absolute atomic E-state index is 13.8. The van der Waals surface area contributed by atoms with Gasteiger partial charge in [0.2, 0.25) is 0 Å². The van der Waals surface area contributed by atoms with Crippen LogP contribution in [0, 0.1) is 17.5 Å². The van der Waals surface area contributed by atoms with Crippen LogP contribution < -0.4 is 11.3 Å². The fraction of sp³-hybridized carbons (Fsp3) is 0.0769. The Bertz CT molecular complexity index is 604. The third-order valence-electron chi connectivity index (χ3n) is 2.73.